The van der Waals surface area contributed by atoms with E-state index in [1.165, 1.54) is 38.5 Å². The quantitative estimate of drug-likeness (QED) is 0.742. The summed E-state index contributed by atoms with van der Waals surface area (Å²) in [4.78, 5) is 16.3. The summed E-state index contributed by atoms with van der Waals surface area (Å²) in [6.07, 6.45) is 8.04. The molecule has 2 fully saturated rings. The van der Waals surface area contributed by atoms with Crippen LogP contribution in [0.4, 0.5) is 5.69 Å². The minimum atomic E-state index is -3.50. The number of amides is 1. The first-order chi connectivity index (χ1) is 13.0. The Kier molecular flexibility index (Phi) is 5.27. The summed E-state index contributed by atoms with van der Waals surface area (Å²) in [5.74, 6) is 0.0107. The smallest absolute Gasteiger partial charge is 0.243 e. The fourth-order valence-electron chi connectivity index (χ4n) is 4.69. The van der Waals surface area contributed by atoms with Gasteiger partial charge in [0.1, 0.15) is 0 Å². The van der Waals surface area contributed by atoms with E-state index < -0.39 is 10.0 Å². The number of anilines is 1. The second-order valence-corrected chi connectivity index (χ2v) is 9.94. The minimum absolute atomic E-state index is 0.0107. The topological polar surface area (TPSA) is 60.9 Å². The number of hydrogen-bond donors (Lipinski definition) is 0. The van der Waals surface area contributed by atoms with Gasteiger partial charge in [0.05, 0.1) is 11.3 Å². The van der Waals surface area contributed by atoms with Crippen LogP contribution in [-0.4, -0.2) is 62.8 Å². The van der Waals surface area contributed by atoms with Gasteiger partial charge in [0.2, 0.25) is 15.9 Å². The number of hydrogen-bond acceptors (Lipinski definition) is 4. The zero-order valence-electron chi connectivity index (χ0n) is 16.1. The molecule has 148 valence electrons. The molecule has 0 aromatic heterocycles. The molecule has 1 aliphatic carbocycles. The second kappa shape index (κ2) is 7.53. The van der Waals surface area contributed by atoms with E-state index in [9.17, 15) is 13.2 Å². The Morgan fingerprint density at radius 3 is 2.30 bits per heavy atom. The fourth-order valence-corrected chi connectivity index (χ4v) is 6.16. The lowest BCUT2D eigenvalue weighted by atomic mass is 10.1. The maximum atomic E-state index is 13.1. The highest BCUT2D eigenvalue weighted by Crippen LogP contribution is 2.31. The summed E-state index contributed by atoms with van der Waals surface area (Å²) in [6.45, 7) is 2.73. The number of rotatable bonds is 3. The molecule has 2 aliphatic heterocycles. The van der Waals surface area contributed by atoms with Crippen LogP contribution in [0, 0.1) is 0 Å². The molecule has 1 aromatic rings. The predicted molar refractivity (Wildman–Crippen MR) is 105 cm³/mol. The van der Waals surface area contributed by atoms with Gasteiger partial charge in [0.25, 0.3) is 0 Å². The van der Waals surface area contributed by atoms with Crippen LogP contribution in [0.5, 0.6) is 0 Å². The first-order valence-electron chi connectivity index (χ1n) is 10.1. The van der Waals surface area contributed by atoms with E-state index in [4.69, 9.17) is 0 Å². The van der Waals surface area contributed by atoms with Crippen molar-refractivity contribution in [3.05, 3.63) is 23.8 Å². The second-order valence-electron chi connectivity index (χ2n) is 8.01. The van der Waals surface area contributed by atoms with Crippen molar-refractivity contribution in [2.24, 2.45) is 0 Å². The number of nitrogens with zero attached hydrogens (tertiary/aromatic N) is 3. The van der Waals surface area contributed by atoms with E-state index in [-0.39, 0.29) is 12.3 Å². The SMILES string of the molecule is CN1C(=O)Cc2cc(S(=O)(=O)N3CCN(C4CCCCCC4)CC3)ccc21. The van der Waals surface area contributed by atoms with Crippen LogP contribution in [-0.2, 0) is 21.2 Å². The third kappa shape index (κ3) is 3.65. The molecule has 1 saturated heterocycles. The molecule has 0 N–H and O–H groups in total. The van der Waals surface area contributed by atoms with E-state index in [1.54, 1.807) is 34.5 Å². The van der Waals surface area contributed by atoms with Crippen molar-refractivity contribution < 1.29 is 13.2 Å². The van der Waals surface area contributed by atoms with Crippen molar-refractivity contribution in [2.75, 3.05) is 38.1 Å². The van der Waals surface area contributed by atoms with Crippen LogP contribution in [0.1, 0.15) is 44.1 Å². The van der Waals surface area contributed by atoms with Crippen LogP contribution < -0.4 is 4.90 Å². The fraction of sp³-hybridized carbons (Fsp3) is 0.650. The highest BCUT2D eigenvalue weighted by Gasteiger charge is 2.33. The molecule has 3 aliphatic rings. The Bertz CT molecular complexity index is 808. The summed E-state index contributed by atoms with van der Waals surface area (Å²) in [7, 11) is -1.77. The van der Waals surface area contributed by atoms with Crippen molar-refractivity contribution in [2.45, 2.75) is 55.9 Å². The van der Waals surface area contributed by atoms with E-state index in [0.717, 1.165) is 24.3 Å². The zero-order valence-corrected chi connectivity index (χ0v) is 16.9. The Morgan fingerprint density at radius 2 is 1.63 bits per heavy atom. The van der Waals surface area contributed by atoms with E-state index >= 15 is 0 Å². The standard InChI is InChI=1S/C20H29N3O3S/c1-21-19-9-8-18(14-16(19)15-20(21)24)27(25,26)23-12-10-22(11-13-23)17-6-4-2-3-5-7-17/h8-9,14,17H,2-7,10-13,15H2,1H3. The number of piperazine rings is 1. The van der Waals surface area contributed by atoms with Crippen molar-refractivity contribution in [1.82, 2.24) is 9.21 Å². The molecule has 0 bridgehead atoms. The van der Waals surface area contributed by atoms with Crippen LogP contribution in [0.2, 0.25) is 0 Å². The lowest BCUT2D eigenvalue weighted by Gasteiger charge is -2.38. The Balaban J connectivity index is 1.45. The largest absolute Gasteiger partial charge is 0.315 e. The minimum Gasteiger partial charge on any atom is -0.315 e. The number of sulfonamides is 1. The average Bonchev–Trinajstić information content (AvgIpc) is 2.86. The molecule has 0 unspecified atom stereocenters. The van der Waals surface area contributed by atoms with Gasteiger partial charge >= 0.3 is 0 Å². The summed E-state index contributed by atoms with van der Waals surface area (Å²) in [6, 6.07) is 5.71. The molecule has 1 amide bonds. The number of carbonyl (C=O) groups excluding carboxylic acids is 1. The molecule has 4 rings (SSSR count). The van der Waals surface area contributed by atoms with Gasteiger partial charge in [-0.1, -0.05) is 25.7 Å². The molecule has 27 heavy (non-hydrogen) atoms. The molecule has 0 atom stereocenters. The van der Waals surface area contributed by atoms with Crippen LogP contribution in [0.15, 0.2) is 23.1 Å². The maximum Gasteiger partial charge on any atom is 0.243 e. The maximum absolute atomic E-state index is 13.1. The summed E-state index contributed by atoms with van der Waals surface area (Å²) in [5.41, 5.74) is 1.62. The van der Waals surface area contributed by atoms with Crippen LogP contribution in [0.25, 0.3) is 0 Å². The first-order valence-corrected chi connectivity index (χ1v) is 11.5. The number of carbonyl (C=O) groups is 1. The normalized spacial score (nSPS) is 23.4. The number of fused-ring (bicyclic) bond motifs is 1. The van der Waals surface area contributed by atoms with E-state index in [1.807, 2.05) is 0 Å². The van der Waals surface area contributed by atoms with Gasteiger partial charge in [-0.25, -0.2) is 8.42 Å². The number of likely N-dealkylation sites (N-methyl/N-ethyl adjacent to an activating group) is 1. The Hall–Kier alpha value is -1.44. The Morgan fingerprint density at radius 1 is 0.963 bits per heavy atom. The molecule has 7 heteroatoms. The summed E-state index contributed by atoms with van der Waals surface area (Å²) in [5, 5.41) is 0. The lowest BCUT2D eigenvalue weighted by Crippen LogP contribution is -2.51. The molecule has 0 spiro atoms. The monoisotopic (exact) mass is 391 g/mol. The van der Waals surface area contributed by atoms with Gasteiger partial charge in [-0.05, 0) is 36.6 Å². The molecule has 6 nitrogen and oxygen atoms in total. The number of benzene rings is 1. The molecule has 2 heterocycles. The molecular formula is C20H29N3O3S. The first kappa shape index (κ1) is 18.9. The third-order valence-electron chi connectivity index (χ3n) is 6.38. The third-order valence-corrected chi connectivity index (χ3v) is 8.27. The van der Waals surface area contributed by atoms with Crippen LogP contribution >= 0.6 is 0 Å². The summed E-state index contributed by atoms with van der Waals surface area (Å²) < 4.78 is 27.8. The van der Waals surface area contributed by atoms with Gasteiger partial charge in [0, 0.05) is 45.0 Å². The average molecular weight is 392 g/mol. The molecule has 0 radical (unpaired) electrons. The summed E-state index contributed by atoms with van der Waals surface area (Å²) >= 11 is 0. The van der Waals surface area contributed by atoms with Crippen molar-refractivity contribution in [3.63, 3.8) is 0 Å². The van der Waals surface area contributed by atoms with Gasteiger partial charge in [-0.3, -0.25) is 9.69 Å². The van der Waals surface area contributed by atoms with E-state index in [0.29, 0.717) is 24.0 Å². The van der Waals surface area contributed by atoms with Crippen molar-refractivity contribution >= 4 is 21.6 Å². The molecule has 1 saturated carbocycles. The van der Waals surface area contributed by atoms with Gasteiger partial charge in [-0.2, -0.15) is 4.31 Å². The highest BCUT2D eigenvalue weighted by atomic mass is 32.2. The van der Waals surface area contributed by atoms with Crippen molar-refractivity contribution in [3.8, 4) is 0 Å². The van der Waals surface area contributed by atoms with Gasteiger partial charge in [-0.15, -0.1) is 0 Å². The van der Waals surface area contributed by atoms with Crippen molar-refractivity contribution in [1.29, 1.82) is 0 Å². The molecular weight excluding hydrogens is 362 g/mol. The predicted octanol–water partition coefficient (Wildman–Crippen LogP) is 2.23. The highest BCUT2D eigenvalue weighted by molar-refractivity contribution is 7.89. The molecule has 1 aromatic carbocycles. The van der Waals surface area contributed by atoms with E-state index in [2.05, 4.69) is 4.90 Å². The lowest BCUT2D eigenvalue weighted by molar-refractivity contribution is -0.117. The Labute approximate surface area is 162 Å². The van der Waals surface area contributed by atoms with Gasteiger partial charge < -0.3 is 4.90 Å². The zero-order chi connectivity index (χ0) is 19.0. The van der Waals surface area contributed by atoms with Crippen LogP contribution in [0.3, 0.4) is 0 Å². The van der Waals surface area contributed by atoms with Gasteiger partial charge in [0.15, 0.2) is 0 Å².